The summed E-state index contributed by atoms with van der Waals surface area (Å²) in [6.07, 6.45) is 0. The number of benzene rings is 2. The first-order valence-electron chi connectivity index (χ1n) is 8.32. The fourth-order valence-electron chi connectivity index (χ4n) is 3.41. The molecule has 4 rings (SSSR count). The van der Waals surface area contributed by atoms with Crippen molar-refractivity contribution in [3.63, 3.8) is 0 Å². The first-order chi connectivity index (χ1) is 11.5. The van der Waals surface area contributed by atoms with Gasteiger partial charge in [0, 0.05) is 30.4 Å². The fraction of sp³-hybridized carbons (Fsp3) is 0.300. The van der Waals surface area contributed by atoms with Crippen LogP contribution in [0.1, 0.15) is 26.3 Å². The van der Waals surface area contributed by atoms with Crippen LogP contribution in [0.2, 0.25) is 0 Å². The van der Waals surface area contributed by atoms with Crippen LogP contribution in [0, 0.1) is 0 Å². The van der Waals surface area contributed by atoms with Gasteiger partial charge in [-0.3, -0.25) is 0 Å². The molecule has 0 N–H and O–H groups in total. The smallest absolute Gasteiger partial charge is 0.121 e. The molecule has 4 nitrogen and oxygen atoms in total. The van der Waals surface area contributed by atoms with Gasteiger partial charge in [-0.25, -0.2) is 4.68 Å². The van der Waals surface area contributed by atoms with Crippen molar-refractivity contribution in [2.75, 3.05) is 11.9 Å². The van der Waals surface area contributed by atoms with Crippen molar-refractivity contribution in [2.45, 2.75) is 32.9 Å². The average molecular weight is 318 g/mol. The lowest BCUT2D eigenvalue weighted by Crippen LogP contribution is -2.25. The number of nitrogens with zero attached hydrogens (tertiary/aromatic N) is 4. The maximum absolute atomic E-state index is 4.58. The summed E-state index contributed by atoms with van der Waals surface area (Å²) in [4.78, 5) is 2.30. The molecule has 0 radical (unpaired) electrons. The number of fused-ring (bicyclic) bond motifs is 5. The lowest BCUT2D eigenvalue weighted by molar-refractivity contribution is 0.351. The molecule has 1 aliphatic heterocycles. The van der Waals surface area contributed by atoms with E-state index >= 15 is 0 Å². The number of anilines is 1. The van der Waals surface area contributed by atoms with E-state index in [1.165, 1.54) is 22.4 Å². The number of hydrogen-bond donors (Lipinski definition) is 0. The van der Waals surface area contributed by atoms with Gasteiger partial charge in [0.25, 0.3) is 0 Å². The van der Waals surface area contributed by atoms with Crippen LogP contribution in [0.5, 0.6) is 0 Å². The molecular formula is C20H22N4. The molecule has 0 unspecified atom stereocenters. The Labute approximate surface area is 142 Å². The average Bonchev–Trinajstić information content (AvgIpc) is 2.99. The van der Waals surface area contributed by atoms with Crippen molar-refractivity contribution in [2.24, 2.45) is 0 Å². The molecule has 24 heavy (non-hydrogen) atoms. The van der Waals surface area contributed by atoms with Gasteiger partial charge in [0.1, 0.15) is 5.69 Å². The van der Waals surface area contributed by atoms with E-state index in [0.29, 0.717) is 0 Å². The molecule has 0 spiro atoms. The minimum atomic E-state index is -0.138. The first-order valence-corrected chi connectivity index (χ1v) is 8.32. The van der Waals surface area contributed by atoms with Crippen LogP contribution in [-0.4, -0.2) is 22.0 Å². The molecule has 4 heteroatoms. The number of hydrogen-bond acceptors (Lipinski definition) is 3. The van der Waals surface area contributed by atoms with E-state index in [4.69, 9.17) is 0 Å². The topological polar surface area (TPSA) is 34.0 Å². The van der Waals surface area contributed by atoms with Crippen molar-refractivity contribution < 1.29 is 0 Å². The van der Waals surface area contributed by atoms with Crippen LogP contribution < -0.4 is 4.90 Å². The van der Waals surface area contributed by atoms with Crippen molar-refractivity contribution in [3.8, 4) is 22.5 Å². The Hall–Kier alpha value is -2.62. The van der Waals surface area contributed by atoms with Crippen LogP contribution >= 0.6 is 0 Å². The minimum Gasteiger partial charge on any atom is -0.370 e. The zero-order valence-corrected chi connectivity index (χ0v) is 14.6. The van der Waals surface area contributed by atoms with Gasteiger partial charge in [-0.1, -0.05) is 47.7 Å². The molecule has 1 aromatic heterocycles. The molecule has 0 saturated carbocycles. The van der Waals surface area contributed by atoms with E-state index in [-0.39, 0.29) is 5.54 Å². The molecule has 1 aliphatic rings. The molecular weight excluding hydrogens is 296 g/mol. The largest absolute Gasteiger partial charge is 0.370 e. The Bertz CT molecular complexity index is 902. The van der Waals surface area contributed by atoms with Crippen LogP contribution in [0.25, 0.3) is 22.5 Å². The summed E-state index contributed by atoms with van der Waals surface area (Å²) in [6.45, 7) is 7.35. The lowest BCUT2D eigenvalue weighted by Gasteiger charge is -2.28. The highest BCUT2D eigenvalue weighted by Gasteiger charge is 2.29. The van der Waals surface area contributed by atoms with E-state index in [9.17, 15) is 0 Å². The van der Waals surface area contributed by atoms with Crippen LogP contribution in [0.3, 0.4) is 0 Å². The molecule has 0 fully saturated rings. The third-order valence-electron chi connectivity index (χ3n) is 4.56. The number of para-hydroxylation sites is 1. The molecule has 2 heterocycles. The third-order valence-corrected chi connectivity index (χ3v) is 4.56. The SMILES string of the molecule is CN1Cc2ccccc2-c2nnn(C(C)(C)C)c2-c2ccccc21. The van der Waals surface area contributed by atoms with Crippen molar-refractivity contribution in [3.05, 3.63) is 54.1 Å². The van der Waals surface area contributed by atoms with Gasteiger partial charge in [0.2, 0.25) is 0 Å². The third kappa shape index (κ3) is 2.21. The maximum atomic E-state index is 4.58. The fourth-order valence-corrected chi connectivity index (χ4v) is 3.41. The normalized spacial score (nSPS) is 13.6. The molecule has 0 aliphatic carbocycles. The van der Waals surface area contributed by atoms with Gasteiger partial charge in [-0.2, -0.15) is 0 Å². The Kier molecular flexibility index (Phi) is 3.23. The summed E-state index contributed by atoms with van der Waals surface area (Å²) in [7, 11) is 2.14. The van der Waals surface area contributed by atoms with Gasteiger partial charge in [0.05, 0.1) is 11.2 Å². The second-order valence-electron chi connectivity index (χ2n) is 7.40. The standard InChI is InChI=1S/C20H22N4/c1-20(2,3)24-19-16-11-7-8-12-17(16)23(4)13-14-9-5-6-10-15(14)18(19)21-22-24/h5-12H,13H2,1-4H3. The Morgan fingerprint density at radius 3 is 2.33 bits per heavy atom. The lowest BCUT2D eigenvalue weighted by atomic mass is 9.95. The molecule has 0 amide bonds. The van der Waals surface area contributed by atoms with Gasteiger partial charge >= 0.3 is 0 Å². The Morgan fingerprint density at radius 2 is 1.58 bits per heavy atom. The predicted octanol–water partition coefficient (Wildman–Crippen LogP) is 4.32. The predicted molar refractivity (Wildman–Crippen MR) is 98.0 cm³/mol. The highest BCUT2D eigenvalue weighted by Crippen LogP contribution is 2.41. The second kappa shape index (κ2) is 5.20. The quantitative estimate of drug-likeness (QED) is 0.619. The summed E-state index contributed by atoms with van der Waals surface area (Å²) in [5, 5.41) is 9.11. The van der Waals surface area contributed by atoms with E-state index in [2.05, 4.69) is 96.2 Å². The van der Waals surface area contributed by atoms with Gasteiger partial charge in [0.15, 0.2) is 0 Å². The van der Waals surface area contributed by atoms with Gasteiger partial charge in [-0.05, 0) is 32.4 Å². The molecule has 122 valence electrons. The zero-order chi connectivity index (χ0) is 16.9. The van der Waals surface area contributed by atoms with Gasteiger partial charge in [-0.15, -0.1) is 5.10 Å². The maximum Gasteiger partial charge on any atom is 0.121 e. The Morgan fingerprint density at radius 1 is 0.917 bits per heavy atom. The summed E-state index contributed by atoms with van der Waals surface area (Å²) >= 11 is 0. The Balaban J connectivity index is 2.12. The monoisotopic (exact) mass is 318 g/mol. The summed E-state index contributed by atoms with van der Waals surface area (Å²) < 4.78 is 2.05. The molecule has 0 saturated heterocycles. The van der Waals surface area contributed by atoms with E-state index in [0.717, 1.165) is 17.9 Å². The van der Waals surface area contributed by atoms with E-state index in [1.807, 2.05) is 0 Å². The van der Waals surface area contributed by atoms with Crippen LogP contribution in [0.15, 0.2) is 48.5 Å². The van der Waals surface area contributed by atoms with Crippen molar-refractivity contribution >= 4 is 5.69 Å². The minimum absolute atomic E-state index is 0.138. The summed E-state index contributed by atoms with van der Waals surface area (Å²) in [5.41, 5.74) is 6.77. The molecule has 3 aromatic rings. The number of aromatic nitrogens is 3. The highest BCUT2D eigenvalue weighted by atomic mass is 15.5. The first kappa shape index (κ1) is 14.9. The van der Waals surface area contributed by atoms with Crippen molar-refractivity contribution in [1.29, 1.82) is 0 Å². The van der Waals surface area contributed by atoms with Crippen LogP contribution in [0.4, 0.5) is 5.69 Å². The zero-order valence-electron chi connectivity index (χ0n) is 14.6. The molecule has 0 atom stereocenters. The number of rotatable bonds is 0. The summed E-state index contributed by atoms with van der Waals surface area (Å²) in [5.74, 6) is 0. The van der Waals surface area contributed by atoms with Crippen molar-refractivity contribution in [1.82, 2.24) is 15.0 Å². The molecule has 0 bridgehead atoms. The van der Waals surface area contributed by atoms with Gasteiger partial charge < -0.3 is 4.90 Å². The van der Waals surface area contributed by atoms with E-state index in [1.54, 1.807) is 0 Å². The summed E-state index contributed by atoms with van der Waals surface area (Å²) in [6, 6.07) is 17.0. The van der Waals surface area contributed by atoms with Crippen LogP contribution in [-0.2, 0) is 12.1 Å². The molecule has 2 aromatic carbocycles. The highest BCUT2D eigenvalue weighted by molar-refractivity contribution is 5.88. The second-order valence-corrected chi connectivity index (χ2v) is 7.40. The van der Waals surface area contributed by atoms with E-state index < -0.39 is 0 Å².